The lowest BCUT2D eigenvalue weighted by molar-refractivity contribution is 1.18. The molecule has 0 aliphatic rings. The molecule has 0 saturated heterocycles. The molecule has 1 aromatic rings. The van der Waals surface area contributed by atoms with Gasteiger partial charge in [0, 0.05) is 12.2 Å². The Morgan fingerprint density at radius 3 is 1.88 bits per heavy atom. The molecule has 0 aromatic heterocycles. The zero-order valence-electron chi connectivity index (χ0n) is 11.7. The van der Waals surface area contributed by atoms with Crippen LogP contribution in [0, 0.1) is 13.8 Å². The van der Waals surface area contributed by atoms with Gasteiger partial charge in [0.2, 0.25) is 0 Å². The number of hydrogen-bond acceptors (Lipinski definition) is 1. The third-order valence-electron chi connectivity index (χ3n) is 1.83. The van der Waals surface area contributed by atoms with E-state index >= 15 is 0 Å². The van der Waals surface area contributed by atoms with Crippen LogP contribution < -0.4 is 5.32 Å². The highest BCUT2D eigenvalue weighted by molar-refractivity contribution is 5.56. The van der Waals surface area contributed by atoms with Gasteiger partial charge in [-0.2, -0.15) is 0 Å². The minimum Gasteiger partial charge on any atom is -0.385 e. The van der Waals surface area contributed by atoms with Crippen LogP contribution in [0.4, 0.5) is 5.69 Å². The van der Waals surface area contributed by atoms with E-state index < -0.39 is 0 Å². The average Bonchev–Trinajstić information content (AvgIpc) is 2.28. The van der Waals surface area contributed by atoms with Crippen molar-refractivity contribution in [1.82, 2.24) is 0 Å². The van der Waals surface area contributed by atoms with Crippen molar-refractivity contribution in [2.24, 2.45) is 0 Å². The molecule has 16 heavy (non-hydrogen) atoms. The van der Waals surface area contributed by atoms with Gasteiger partial charge in [0.1, 0.15) is 0 Å². The van der Waals surface area contributed by atoms with E-state index in [0.717, 1.165) is 6.54 Å². The van der Waals surface area contributed by atoms with Gasteiger partial charge in [-0.1, -0.05) is 38.1 Å². The van der Waals surface area contributed by atoms with Gasteiger partial charge in [0.15, 0.2) is 0 Å². The lowest BCUT2D eigenvalue weighted by Gasteiger charge is -2.09. The molecule has 0 unspecified atom stereocenters. The number of hydrogen-bond donors (Lipinski definition) is 1. The average molecular weight is 221 g/mol. The van der Waals surface area contributed by atoms with Crippen LogP contribution in [0.15, 0.2) is 30.9 Å². The van der Waals surface area contributed by atoms with Crippen LogP contribution >= 0.6 is 0 Å². The Bertz CT molecular complexity index is 257. The van der Waals surface area contributed by atoms with E-state index in [4.69, 9.17) is 0 Å². The van der Waals surface area contributed by atoms with Crippen molar-refractivity contribution in [2.45, 2.75) is 41.5 Å². The first-order valence-electron chi connectivity index (χ1n) is 6.04. The fraction of sp³-hybridized carbons (Fsp3) is 0.467. The highest BCUT2D eigenvalue weighted by atomic mass is 14.9. The predicted octanol–water partition coefficient (Wildman–Crippen LogP) is 4.95. The standard InChI is InChI=1S/C10H15N.C3H6.C2H6/c1-4-11-10-8(2)6-5-7-9(10)3;1-3-2;1-2/h5-7,11H,4H2,1-3H3;3H,1H2,2H3;1-2H3. The van der Waals surface area contributed by atoms with Crippen molar-refractivity contribution in [3.05, 3.63) is 42.0 Å². The van der Waals surface area contributed by atoms with Crippen LogP contribution in [0.25, 0.3) is 0 Å². The Morgan fingerprint density at radius 1 is 1.19 bits per heavy atom. The van der Waals surface area contributed by atoms with Crippen LogP contribution in [0.3, 0.4) is 0 Å². The van der Waals surface area contributed by atoms with Gasteiger partial charge >= 0.3 is 0 Å². The topological polar surface area (TPSA) is 12.0 Å². The molecule has 1 heteroatoms. The molecule has 0 aliphatic carbocycles. The largest absolute Gasteiger partial charge is 0.385 e. The van der Waals surface area contributed by atoms with Gasteiger partial charge < -0.3 is 5.32 Å². The Labute approximate surface area is 102 Å². The van der Waals surface area contributed by atoms with Crippen LogP contribution in [0.5, 0.6) is 0 Å². The van der Waals surface area contributed by atoms with Crippen molar-refractivity contribution in [3.63, 3.8) is 0 Å². The Morgan fingerprint density at radius 2 is 1.56 bits per heavy atom. The molecule has 92 valence electrons. The molecule has 1 aromatic carbocycles. The maximum Gasteiger partial charge on any atom is 0.0399 e. The molecule has 0 fully saturated rings. The van der Waals surface area contributed by atoms with Gasteiger partial charge in [0.25, 0.3) is 0 Å². The molecule has 1 nitrogen and oxygen atoms in total. The fourth-order valence-electron chi connectivity index (χ4n) is 1.27. The number of para-hydroxylation sites is 1. The molecule has 1 N–H and O–H groups in total. The molecular formula is C15H27N. The normalized spacial score (nSPS) is 7.88. The number of aryl methyl sites for hydroxylation is 2. The van der Waals surface area contributed by atoms with Crippen molar-refractivity contribution >= 4 is 5.69 Å². The number of rotatable bonds is 2. The second-order valence-electron chi connectivity index (χ2n) is 3.21. The summed E-state index contributed by atoms with van der Waals surface area (Å²) in [5.41, 5.74) is 3.94. The van der Waals surface area contributed by atoms with Crippen LogP contribution in [-0.4, -0.2) is 6.54 Å². The SMILES string of the molecule is C=CC.CC.CCNc1c(C)cccc1C. The molecular weight excluding hydrogens is 194 g/mol. The summed E-state index contributed by atoms with van der Waals surface area (Å²) in [7, 11) is 0. The molecule has 0 spiro atoms. The first-order valence-corrected chi connectivity index (χ1v) is 6.04. The third-order valence-corrected chi connectivity index (χ3v) is 1.83. The maximum absolute atomic E-state index is 3.36. The van der Waals surface area contributed by atoms with E-state index in [9.17, 15) is 0 Å². The number of nitrogens with one attached hydrogen (secondary N) is 1. The summed E-state index contributed by atoms with van der Waals surface area (Å²) in [6.07, 6.45) is 1.75. The summed E-state index contributed by atoms with van der Waals surface area (Å²) in [6.45, 7) is 16.6. The van der Waals surface area contributed by atoms with Crippen LogP contribution in [-0.2, 0) is 0 Å². The second kappa shape index (κ2) is 11.8. The lowest BCUT2D eigenvalue weighted by Crippen LogP contribution is -2.00. The maximum atomic E-state index is 3.36. The van der Waals surface area contributed by atoms with E-state index in [2.05, 4.69) is 50.9 Å². The van der Waals surface area contributed by atoms with E-state index in [1.807, 2.05) is 20.8 Å². The molecule has 0 radical (unpaired) electrons. The highest BCUT2D eigenvalue weighted by Gasteiger charge is 1.97. The van der Waals surface area contributed by atoms with Gasteiger partial charge in [0.05, 0.1) is 0 Å². The predicted molar refractivity (Wildman–Crippen MR) is 77.3 cm³/mol. The fourth-order valence-corrected chi connectivity index (χ4v) is 1.27. The number of allylic oxidation sites excluding steroid dienone is 1. The Kier molecular flexibility index (Phi) is 12.7. The van der Waals surface area contributed by atoms with E-state index in [1.165, 1.54) is 16.8 Å². The highest BCUT2D eigenvalue weighted by Crippen LogP contribution is 2.18. The molecule has 0 amide bonds. The minimum absolute atomic E-state index is 0.992. The van der Waals surface area contributed by atoms with E-state index in [-0.39, 0.29) is 0 Å². The zero-order chi connectivity index (χ0) is 13.0. The van der Waals surface area contributed by atoms with Crippen molar-refractivity contribution in [3.8, 4) is 0 Å². The van der Waals surface area contributed by atoms with Crippen molar-refractivity contribution in [2.75, 3.05) is 11.9 Å². The second-order valence-corrected chi connectivity index (χ2v) is 3.21. The van der Waals surface area contributed by atoms with Crippen molar-refractivity contribution in [1.29, 1.82) is 0 Å². The summed E-state index contributed by atoms with van der Waals surface area (Å²) in [5, 5.41) is 3.34. The minimum atomic E-state index is 0.992. The Balaban J connectivity index is 0. The summed E-state index contributed by atoms with van der Waals surface area (Å²) >= 11 is 0. The van der Waals surface area contributed by atoms with Gasteiger partial charge in [-0.15, -0.1) is 6.58 Å². The summed E-state index contributed by atoms with van der Waals surface area (Å²) in [5.74, 6) is 0. The first kappa shape index (κ1) is 17.2. The number of anilines is 1. The number of benzene rings is 1. The summed E-state index contributed by atoms with van der Waals surface area (Å²) < 4.78 is 0. The third kappa shape index (κ3) is 7.10. The molecule has 0 atom stereocenters. The van der Waals surface area contributed by atoms with Crippen LogP contribution in [0.2, 0.25) is 0 Å². The monoisotopic (exact) mass is 221 g/mol. The molecule has 0 saturated carbocycles. The van der Waals surface area contributed by atoms with Gasteiger partial charge in [-0.05, 0) is 38.8 Å². The first-order chi connectivity index (χ1) is 7.67. The molecule has 0 heterocycles. The lowest BCUT2D eigenvalue weighted by atomic mass is 10.1. The summed E-state index contributed by atoms with van der Waals surface area (Å²) in [6, 6.07) is 6.35. The van der Waals surface area contributed by atoms with Gasteiger partial charge in [-0.25, -0.2) is 0 Å². The molecule has 1 rings (SSSR count). The zero-order valence-corrected chi connectivity index (χ0v) is 11.7. The smallest absolute Gasteiger partial charge is 0.0399 e. The molecule has 0 bridgehead atoms. The Hall–Kier alpha value is -1.24. The van der Waals surface area contributed by atoms with Crippen molar-refractivity contribution < 1.29 is 0 Å². The molecule has 0 aliphatic heterocycles. The van der Waals surface area contributed by atoms with Crippen LogP contribution in [0.1, 0.15) is 38.8 Å². The van der Waals surface area contributed by atoms with E-state index in [0.29, 0.717) is 0 Å². The summed E-state index contributed by atoms with van der Waals surface area (Å²) in [4.78, 5) is 0. The van der Waals surface area contributed by atoms with Gasteiger partial charge in [-0.3, -0.25) is 0 Å². The van der Waals surface area contributed by atoms with E-state index in [1.54, 1.807) is 6.08 Å². The quantitative estimate of drug-likeness (QED) is 0.696.